The monoisotopic (exact) mass is 251 g/mol. The van der Waals surface area contributed by atoms with Crippen LogP contribution in [0, 0.1) is 0 Å². The molecule has 1 amide bonds. The molecule has 0 aromatic carbocycles. The van der Waals surface area contributed by atoms with Crippen LogP contribution in [-0.4, -0.2) is 25.0 Å². The van der Waals surface area contributed by atoms with E-state index < -0.39 is 0 Å². The molecule has 0 aromatic rings. The molecule has 0 radical (unpaired) electrons. The summed E-state index contributed by atoms with van der Waals surface area (Å²) >= 11 is 0. The summed E-state index contributed by atoms with van der Waals surface area (Å²) in [5.41, 5.74) is 1.22. The van der Waals surface area contributed by atoms with Gasteiger partial charge in [-0.05, 0) is 32.1 Å². The van der Waals surface area contributed by atoms with Crippen LogP contribution in [0.1, 0.15) is 51.4 Å². The van der Waals surface area contributed by atoms with Gasteiger partial charge in [-0.1, -0.05) is 19.3 Å². The molecule has 2 aliphatic carbocycles. The molecule has 0 saturated heterocycles. The Labute approximate surface area is 108 Å². The lowest BCUT2D eigenvalue weighted by atomic mass is 9.95. The Bertz CT molecular complexity index is 367. The SMILES string of the molecule is COC(=O)C1=C(C(=O)NC2CCCCC2)CCC1. The lowest BCUT2D eigenvalue weighted by Crippen LogP contribution is -2.37. The molecule has 1 fully saturated rings. The molecular formula is C14H21NO3. The van der Waals surface area contributed by atoms with Crippen molar-refractivity contribution in [1.82, 2.24) is 5.32 Å². The van der Waals surface area contributed by atoms with E-state index in [9.17, 15) is 9.59 Å². The van der Waals surface area contributed by atoms with Gasteiger partial charge in [0, 0.05) is 17.2 Å². The Kier molecular flexibility index (Phi) is 4.39. The predicted molar refractivity (Wildman–Crippen MR) is 67.9 cm³/mol. The number of nitrogens with one attached hydrogen (secondary N) is 1. The molecular weight excluding hydrogens is 230 g/mol. The second kappa shape index (κ2) is 6.03. The Morgan fingerprint density at radius 3 is 2.39 bits per heavy atom. The number of rotatable bonds is 3. The highest BCUT2D eigenvalue weighted by Gasteiger charge is 2.27. The largest absolute Gasteiger partial charge is 0.466 e. The van der Waals surface area contributed by atoms with Crippen molar-refractivity contribution in [2.24, 2.45) is 0 Å². The molecule has 2 aliphatic rings. The van der Waals surface area contributed by atoms with E-state index in [-0.39, 0.29) is 11.9 Å². The summed E-state index contributed by atoms with van der Waals surface area (Å²) < 4.78 is 4.73. The molecule has 2 rings (SSSR count). The Morgan fingerprint density at radius 1 is 1.06 bits per heavy atom. The number of amides is 1. The van der Waals surface area contributed by atoms with Crippen molar-refractivity contribution in [1.29, 1.82) is 0 Å². The average molecular weight is 251 g/mol. The van der Waals surface area contributed by atoms with Crippen LogP contribution in [0.3, 0.4) is 0 Å². The fourth-order valence-corrected chi connectivity index (χ4v) is 2.86. The normalized spacial score (nSPS) is 20.9. The number of esters is 1. The second-order valence-corrected chi connectivity index (χ2v) is 5.11. The van der Waals surface area contributed by atoms with Crippen LogP contribution in [0.2, 0.25) is 0 Å². The molecule has 100 valence electrons. The van der Waals surface area contributed by atoms with Gasteiger partial charge in [0.15, 0.2) is 0 Å². The van der Waals surface area contributed by atoms with E-state index >= 15 is 0 Å². The van der Waals surface area contributed by atoms with E-state index in [0.29, 0.717) is 30.0 Å². The first-order chi connectivity index (χ1) is 8.72. The Morgan fingerprint density at radius 2 is 1.72 bits per heavy atom. The van der Waals surface area contributed by atoms with Crippen molar-refractivity contribution < 1.29 is 14.3 Å². The lowest BCUT2D eigenvalue weighted by Gasteiger charge is -2.23. The number of hydrogen-bond acceptors (Lipinski definition) is 3. The van der Waals surface area contributed by atoms with Gasteiger partial charge in [-0.15, -0.1) is 0 Å². The maximum Gasteiger partial charge on any atom is 0.334 e. The van der Waals surface area contributed by atoms with E-state index in [0.717, 1.165) is 19.3 Å². The van der Waals surface area contributed by atoms with E-state index in [1.54, 1.807) is 0 Å². The molecule has 0 unspecified atom stereocenters. The van der Waals surface area contributed by atoms with Gasteiger partial charge in [0.2, 0.25) is 5.91 Å². The molecule has 4 nitrogen and oxygen atoms in total. The third-order valence-corrected chi connectivity index (χ3v) is 3.86. The van der Waals surface area contributed by atoms with E-state index in [1.165, 1.54) is 26.4 Å². The quantitative estimate of drug-likeness (QED) is 0.781. The van der Waals surface area contributed by atoms with Gasteiger partial charge in [0.05, 0.1) is 7.11 Å². The molecule has 0 atom stereocenters. The summed E-state index contributed by atoms with van der Waals surface area (Å²) in [7, 11) is 1.37. The topological polar surface area (TPSA) is 55.4 Å². The van der Waals surface area contributed by atoms with Gasteiger partial charge in [0.1, 0.15) is 0 Å². The minimum absolute atomic E-state index is 0.0557. The number of carbonyl (C=O) groups is 2. The van der Waals surface area contributed by atoms with Gasteiger partial charge < -0.3 is 10.1 Å². The summed E-state index contributed by atoms with van der Waals surface area (Å²) in [6.45, 7) is 0. The van der Waals surface area contributed by atoms with Crippen molar-refractivity contribution in [3.8, 4) is 0 Å². The fraction of sp³-hybridized carbons (Fsp3) is 0.714. The second-order valence-electron chi connectivity index (χ2n) is 5.11. The number of ether oxygens (including phenoxy) is 1. The van der Waals surface area contributed by atoms with Crippen LogP contribution in [0.4, 0.5) is 0 Å². The zero-order valence-electron chi connectivity index (χ0n) is 11.0. The lowest BCUT2D eigenvalue weighted by molar-refractivity contribution is -0.136. The molecule has 1 saturated carbocycles. The molecule has 0 aliphatic heterocycles. The van der Waals surface area contributed by atoms with Crippen molar-refractivity contribution in [2.75, 3.05) is 7.11 Å². The van der Waals surface area contributed by atoms with E-state index in [4.69, 9.17) is 4.74 Å². The Hall–Kier alpha value is -1.32. The summed E-state index contributed by atoms with van der Waals surface area (Å²) in [5, 5.41) is 3.07. The van der Waals surface area contributed by atoms with Crippen LogP contribution in [0.25, 0.3) is 0 Å². The maximum atomic E-state index is 12.2. The third kappa shape index (κ3) is 2.92. The highest BCUT2D eigenvalue weighted by atomic mass is 16.5. The highest BCUT2D eigenvalue weighted by molar-refractivity contribution is 6.03. The zero-order valence-corrected chi connectivity index (χ0v) is 11.0. The van der Waals surface area contributed by atoms with Gasteiger partial charge in [0.25, 0.3) is 0 Å². The standard InChI is InChI=1S/C14H21NO3/c1-18-14(17)12-9-5-8-11(12)13(16)15-10-6-3-2-4-7-10/h10H,2-9H2,1H3,(H,15,16). The highest BCUT2D eigenvalue weighted by Crippen LogP contribution is 2.27. The average Bonchev–Trinajstić information content (AvgIpc) is 2.88. The first-order valence-corrected chi connectivity index (χ1v) is 6.83. The molecule has 0 aromatic heterocycles. The maximum absolute atomic E-state index is 12.2. The van der Waals surface area contributed by atoms with Gasteiger partial charge in [-0.2, -0.15) is 0 Å². The number of hydrogen-bond donors (Lipinski definition) is 1. The predicted octanol–water partition coefficient (Wildman–Crippen LogP) is 2.09. The summed E-state index contributed by atoms with van der Waals surface area (Å²) in [4.78, 5) is 23.7. The van der Waals surface area contributed by atoms with Crippen molar-refractivity contribution in [3.63, 3.8) is 0 Å². The van der Waals surface area contributed by atoms with Crippen molar-refractivity contribution in [3.05, 3.63) is 11.1 Å². The molecule has 18 heavy (non-hydrogen) atoms. The van der Waals surface area contributed by atoms with Crippen LogP contribution >= 0.6 is 0 Å². The van der Waals surface area contributed by atoms with Crippen LogP contribution in [0.5, 0.6) is 0 Å². The van der Waals surface area contributed by atoms with Crippen molar-refractivity contribution in [2.45, 2.75) is 57.4 Å². The number of carbonyl (C=O) groups excluding carboxylic acids is 2. The van der Waals surface area contributed by atoms with Gasteiger partial charge in [-0.3, -0.25) is 4.79 Å². The van der Waals surface area contributed by atoms with Crippen LogP contribution in [-0.2, 0) is 14.3 Å². The molecule has 0 spiro atoms. The minimum Gasteiger partial charge on any atom is -0.466 e. The molecule has 0 bridgehead atoms. The Balaban J connectivity index is 2.00. The molecule has 4 heteroatoms. The van der Waals surface area contributed by atoms with Gasteiger partial charge in [-0.25, -0.2) is 4.79 Å². The van der Waals surface area contributed by atoms with E-state index in [1.807, 2.05) is 0 Å². The van der Waals surface area contributed by atoms with Crippen molar-refractivity contribution >= 4 is 11.9 Å². The third-order valence-electron chi connectivity index (χ3n) is 3.86. The number of methoxy groups -OCH3 is 1. The van der Waals surface area contributed by atoms with Crippen LogP contribution < -0.4 is 5.32 Å². The van der Waals surface area contributed by atoms with Crippen LogP contribution in [0.15, 0.2) is 11.1 Å². The molecule has 0 heterocycles. The summed E-state index contributed by atoms with van der Waals surface area (Å²) in [6, 6.07) is 0.290. The molecule has 1 N–H and O–H groups in total. The smallest absolute Gasteiger partial charge is 0.334 e. The van der Waals surface area contributed by atoms with Gasteiger partial charge >= 0.3 is 5.97 Å². The summed E-state index contributed by atoms with van der Waals surface area (Å²) in [6.07, 6.45) is 8.00. The first-order valence-electron chi connectivity index (χ1n) is 6.83. The zero-order chi connectivity index (χ0) is 13.0. The van der Waals surface area contributed by atoms with E-state index in [2.05, 4.69) is 5.32 Å². The minimum atomic E-state index is -0.346. The summed E-state index contributed by atoms with van der Waals surface area (Å²) in [5.74, 6) is -0.402. The first kappa shape index (κ1) is 13.1. The fourth-order valence-electron chi connectivity index (χ4n) is 2.86.